The minimum atomic E-state index is -1.25. The van der Waals surface area contributed by atoms with E-state index in [-0.39, 0.29) is 11.7 Å². The first kappa shape index (κ1) is 15.1. The molecule has 0 saturated heterocycles. The number of hydrogen-bond acceptors (Lipinski definition) is 5. The van der Waals surface area contributed by atoms with E-state index in [1.54, 1.807) is 0 Å². The Morgan fingerprint density at radius 1 is 1.10 bits per heavy atom. The van der Waals surface area contributed by atoms with Crippen molar-refractivity contribution in [2.75, 3.05) is 7.11 Å². The average Bonchev–Trinajstić information content (AvgIpc) is 2.53. The van der Waals surface area contributed by atoms with Crippen molar-refractivity contribution in [2.24, 2.45) is 5.92 Å². The van der Waals surface area contributed by atoms with Crippen LogP contribution in [0.4, 0.5) is 0 Å². The van der Waals surface area contributed by atoms with Crippen LogP contribution in [0, 0.1) is 5.92 Å². The standard InChI is InChI=1S/C16H16O5/c1-21-16(20)15(19)14(18)12-9-5-8-11(13(12)17)10-6-3-2-4-7-10/h2-4,6-7,11-12H,5,8-9H2,1H3. The number of esters is 1. The van der Waals surface area contributed by atoms with Crippen molar-refractivity contribution < 1.29 is 23.9 Å². The van der Waals surface area contributed by atoms with E-state index >= 15 is 0 Å². The van der Waals surface area contributed by atoms with Crippen molar-refractivity contribution in [1.29, 1.82) is 0 Å². The topological polar surface area (TPSA) is 77.5 Å². The van der Waals surface area contributed by atoms with E-state index in [1.165, 1.54) is 0 Å². The summed E-state index contributed by atoms with van der Waals surface area (Å²) in [6.07, 6.45) is 1.62. The number of ketones is 3. The van der Waals surface area contributed by atoms with Crippen LogP contribution in [0.15, 0.2) is 30.3 Å². The molecule has 1 aliphatic rings. The number of ether oxygens (including phenoxy) is 1. The third kappa shape index (κ3) is 3.07. The minimum absolute atomic E-state index is 0.283. The van der Waals surface area contributed by atoms with Crippen molar-refractivity contribution in [1.82, 2.24) is 0 Å². The molecule has 110 valence electrons. The fraction of sp³-hybridized carbons (Fsp3) is 0.375. The van der Waals surface area contributed by atoms with E-state index in [0.29, 0.717) is 19.3 Å². The Bertz CT molecular complexity index is 576. The summed E-state index contributed by atoms with van der Waals surface area (Å²) in [4.78, 5) is 47.2. The van der Waals surface area contributed by atoms with Crippen molar-refractivity contribution in [3.63, 3.8) is 0 Å². The lowest BCUT2D eigenvalue weighted by atomic mass is 9.74. The highest BCUT2D eigenvalue weighted by molar-refractivity contribution is 6.63. The van der Waals surface area contributed by atoms with Crippen LogP contribution in [0.3, 0.4) is 0 Å². The Balaban J connectivity index is 2.19. The third-order valence-electron chi connectivity index (χ3n) is 3.79. The van der Waals surface area contributed by atoms with Crippen LogP contribution >= 0.6 is 0 Å². The highest BCUT2D eigenvalue weighted by Crippen LogP contribution is 2.33. The van der Waals surface area contributed by atoms with Crippen LogP contribution < -0.4 is 0 Å². The maximum absolute atomic E-state index is 12.5. The molecule has 0 bridgehead atoms. The first-order valence-electron chi connectivity index (χ1n) is 6.81. The van der Waals surface area contributed by atoms with Crippen molar-refractivity contribution >= 4 is 23.3 Å². The van der Waals surface area contributed by atoms with Crippen molar-refractivity contribution in [3.8, 4) is 0 Å². The molecular weight excluding hydrogens is 272 g/mol. The summed E-state index contributed by atoms with van der Waals surface area (Å²) in [5.74, 6) is -5.11. The van der Waals surface area contributed by atoms with Gasteiger partial charge < -0.3 is 4.74 Å². The zero-order chi connectivity index (χ0) is 15.4. The Labute approximate surface area is 122 Å². The molecule has 1 aromatic rings. The molecule has 1 aromatic carbocycles. The van der Waals surface area contributed by atoms with Gasteiger partial charge in [-0.15, -0.1) is 0 Å². The predicted molar refractivity (Wildman–Crippen MR) is 73.6 cm³/mol. The van der Waals surface area contributed by atoms with E-state index in [2.05, 4.69) is 4.74 Å². The lowest BCUT2D eigenvalue weighted by Gasteiger charge is -2.26. The van der Waals surface area contributed by atoms with Crippen LogP contribution in [0.25, 0.3) is 0 Å². The molecule has 1 aliphatic carbocycles. The molecule has 1 saturated carbocycles. The molecule has 21 heavy (non-hydrogen) atoms. The number of carbonyl (C=O) groups is 4. The largest absolute Gasteiger partial charge is 0.463 e. The predicted octanol–water partition coefficient (Wildman–Crippen LogP) is 1.45. The van der Waals surface area contributed by atoms with Gasteiger partial charge in [0, 0.05) is 5.92 Å². The van der Waals surface area contributed by atoms with Gasteiger partial charge in [0.15, 0.2) is 5.78 Å². The average molecular weight is 288 g/mol. The Morgan fingerprint density at radius 2 is 1.76 bits per heavy atom. The van der Waals surface area contributed by atoms with Crippen LogP contribution in [0.1, 0.15) is 30.7 Å². The van der Waals surface area contributed by atoms with Gasteiger partial charge in [0.25, 0.3) is 0 Å². The third-order valence-corrected chi connectivity index (χ3v) is 3.79. The van der Waals surface area contributed by atoms with Gasteiger partial charge >= 0.3 is 11.8 Å². The molecule has 0 aliphatic heterocycles. The molecule has 0 heterocycles. The summed E-state index contributed by atoms with van der Waals surface area (Å²) in [6, 6.07) is 9.16. The quantitative estimate of drug-likeness (QED) is 0.476. The highest BCUT2D eigenvalue weighted by atomic mass is 16.5. The Hall–Kier alpha value is -2.30. The number of benzene rings is 1. The zero-order valence-electron chi connectivity index (χ0n) is 11.7. The molecule has 1 fully saturated rings. The highest BCUT2D eigenvalue weighted by Gasteiger charge is 2.40. The number of carbonyl (C=O) groups excluding carboxylic acids is 4. The summed E-state index contributed by atoms with van der Waals surface area (Å²) in [6.45, 7) is 0. The van der Waals surface area contributed by atoms with Crippen LogP contribution in [0.5, 0.6) is 0 Å². The van der Waals surface area contributed by atoms with Gasteiger partial charge in [-0.25, -0.2) is 4.79 Å². The van der Waals surface area contributed by atoms with E-state index in [4.69, 9.17) is 0 Å². The zero-order valence-corrected chi connectivity index (χ0v) is 11.7. The first-order valence-corrected chi connectivity index (χ1v) is 6.81. The number of Topliss-reactive ketones (excluding diaryl/α,β-unsaturated/α-hetero) is 3. The van der Waals surface area contributed by atoms with Gasteiger partial charge in [-0.05, 0) is 18.4 Å². The summed E-state index contributed by atoms with van der Waals surface area (Å²) >= 11 is 0. The fourth-order valence-corrected chi connectivity index (χ4v) is 2.68. The summed E-state index contributed by atoms with van der Waals surface area (Å²) in [7, 11) is 1.03. The molecule has 0 aromatic heterocycles. The SMILES string of the molecule is COC(=O)C(=O)C(=O)C1CCCC(c2ccccc2)C1=O. The number of rotatable bonds is 4. The van der Waals surface area contributed by atoms with Gasteiger partial charge in [-0.1, -0.05) is 36.8 Å². The summed E-state index contributed by atoms with van der Waals surface area (Å²) in [5.41, 5.74) is 0.838. The van der Waals surface area contributed by atoms with Gasteiger partial charge in [0.2, 0.25) is 5.78 Å². The van der Waals surface area contributed by atoms with Crippen molar-refractivity contribution in [3.05, 3.63) is 35.9 Å². The molecule has 2 rings (SSSR count). The van der Waals surface area contributed by atoms with E-state index in [1.807, 2.05) is 30.3 Å². The number of methoxy groups -OCH3 is 1. The summed E-state index contributed by atoms with van der Waals surface area (Å²) < 4.78 is 4.25. The maximum Gasteiger partial charge on any atom is 0.382 e. The second-order valence-electron chi connectivity index (χ2n) is 5.03. The lowest BCUT2D eigenvalue weighted by molar-refractivity contribution is -0.156. The van der Waals surface area contributed by atoms with Gasteiger partial charge in [0.1, 0.15) is 0 Å². The fourth-order valence-electron chi connectivity index (χ4n) is 2.68. The van der Waals surface area contributed by atoms with E-state index < -0.39 is 23.5 Å². The monoisotopic (exact) mass is 288 g/mol. The van der Waals surface area contributed by atoms with Crippen LogP contribution in [-0.4, -0.2) is 30.4 Å². The molecule has 0 N–H and O–H groups in total. The van der Waals surface area contributed by atoms with E-state index in [9.17, 15) is 19.2 Å². The van der Waals surface area contributed by atoms with Gasteiger partial charge in [-0.2, -0.15) is 0 Å². The minimum Gasteiger partial charge on any atom is -0.463 e. The van der Waals surface area contributed by atoms with Crippen LogP contribution in [-0.2, 0) is 23.9 Å². The molecular formula is C16H16O5. The van der Waals surface area contributed by atoms with Gasteiger partial charge in [0.05, 0.1) is 13.0 Å². The molecule has 0 spiro atoms. The smallest absolute Gasteiger partial charge is 0.382 e. The molecule has 0 amide bonds. The molecule has 5 heteroatoms. The lowest BCUT2D eigenvalue weighted by Crippen LogP contribution is -2.39. The summed E-state index contributed by atoms with van der Waals surface area (Å²) in [5, 5.41) is 0. The van der Waals surface area contributed by atoms with E-state index in [0.717, 1.165) is 12.7 Å². The number of hydrogen-bond donors (Lipinski definition) is 0. The Kier molecular flexibility index (Phi) is 4.62. The van der Waals surface area contributed by atoms with Crippen LogP contribution in [0.2, 0.25) is 0 Å². The molecule has 2 atom stereocenters. The molecule has 5 nitrogen and oxygen atoms in total. The normalized spacial score (nSPS) is 21.7. The van der Waals surface area contributed by atoms with Crippen molar-refractivity contribution in [2.45, 2.75) is 25.2 Å². The first-order chi connectivity index (χ1) is 10.1. The second-order valence-corrected chi connectivity index (χ2v) is 5.03. The Morgan fingerprint density at radius 3 is 2.38 bits per heavy atom. The second kappa shape index (κ2) is 6.43. The van der Waals surface area contributed by atoms with Gasteiger partial charge in [-0.3, -0.25) is 14.4 Å². The molecule has 2 unspecified atom stereocenters. The molecule has 0 radical (unpaired) electrons. The maximum atomic E-state index is 12.5.